The first kappa shape index (κ1) is 12.4. The third-order valence-electron chi connectivity index (χ3n) is 3.57. The highest BCUT2D eigenvalue weighted by atomic mass is 19.1. The molecule has 2 nitrogen and oxygen atoms in total. The Morgan fingerprint density at radius 2 is 1.94 bits per heavy atom. The van der Waals surface area contributed by atoms with Crippen LogP contribution >= 0.6 is 0 Å². The third-order valence-corrected chi connectivity index (χ3v) is 3.57. The van der Waals surface area contributed by atoms with Crippen LogP contribution < -0.4 is 4.74 Å². The topological polar surface area (TPSA) is 29.5 Å². The molecule has 1 N–H and O–H groups in total. The molecule has 2 rings (SSSR count). The van der Waals surface area contributed by atoms with Crippen molar-refractivity contribution in [1.29, 1.82) is 0 Å². The van der Waals surface area contributed by atoms with Crippen molar-refractivity contribution >= 4 is 0 Å². The van der Waals surface area contributed by atoms with E-state index in [0.29, 0.717) is 11.3 Å². The van der Waals surface area contributed by atoms with E-state index in [1.54, 1.807) is 6.07 Å². The number of rotatable bonds is 3. The number of halogens is 1. The van der Waals surface area contributed by atoms with Crippen LogP contribution in [0.3, 0.4) is 0 Å². The van der Waals surface area contributed by atoms with Gasteiger partial charge in [-0.25, -0.2) is 4.39 Å². The van der Waals surface area contributed by atoms with Crippen LogP contribution in [-0.4, -0.2) is 12.2 Å². The fourth-order valence-corrected chi connectivity index (χ4v) is 2.60. The molecule has 0 aromatic heterocycles. The Bertz CT molecular complexity index is 372. The Morgan fingerprint density at radius 1 is 1.24 bits per heavy atom. The lowest BCUT2D eigenvalue weighted by molar-refractivity contribution is 0.0843. The van der Waals surface area contributed by atoms with Crippen molar-refractivity contribution in [1.82, 2.24) is 0 Å². The summed E-state index contributed by atoms with van der Waals surface area (Å²) in [6.45, 7) is 0. The quantitative estimate of drug-likeness (QED) is 0.874. The largest absolute Gasteiger partial charge is 0.497 e. The SMILES string of the molecule is COc1cc(F)cc(C(O)C2CCCCC2)c1. The van der Waals surface area contributed by atoms with Crippen molar-refractivity contribution in [2.45, 2.75) is 38.2 Å². The van der Waals surface area contributed by atoms with Gasteiger partial charge in [0.05, 0.1) is 13.2 Å². The zero-order chi connectivity index (χ0) is 12.3. The molecule has 94 valence electrons. The minimum absolute atomic E-state index is 0.259. The molecular formula is C14H19FO2. The molecular weight excluding hydrogens is 219 g/mol. The van der Waals surface area contributed by atoms with Crippen LogP contribution in [0.4, 0.5) is 4.39 Å². The molecule has 3 heteroatoms. The van der Waals surface area contributed by atoms with Gasteiger partial charge >= 0.3 is 0 Å². The van der Waals surface area contributed by atoms with Crippen LogP contribution in [0.2, 0.25) is 0 Å². The minimum Gasteiger partial charge on any atom is -0.497 e. The third kappa shape index (κ3) is 2.97. The summed E-state index contributed by atoms with van der Waals surface area (Å²) < 4.78 is 18.4. The van der Waals surface area contributed by atoms with Crippen molar-refractivity contribution in [2.24, 2.45) is 5.92 Å². The Kier molecular flexibility index (Phi) is 4.00. The van der Waals surface area contributed by atoms with Gasteiger partial charge in [0.2, 0.25) is 0 Å². The standard InChI is InChI=1S/C14H19FO2/c1-17-13-8-11(7-12(15)9-13)14(16)10-5-3-2-4-6-10/h7-10,14,16H,2-6H2,1H3. The molecule has 1 atom stereocenters. The summed E-state index contributed by atoms with van der Waals surface area (Å²) in [5, 5.41) is 10.3. The fraction of sp³-hybridized carbons (Fsp3) is 0.571. The Morgan fingerprint density at radius 3 is 2.59 bits per heavy atom. The lowest BCUT2D eigenvalue weighted by Gasteiger charge is -2.27. The van der Waals surface area contributed by atoms with E-state index in [0.717, 1.165) is 25.7 Å². The van der Waals surface area contributed by atoms with Gasteiger partial charge in [0.1, 0.15) is 11.6 Å². The molecule has 1 aliphatic rings. The van der Waals surface area contributed by atoms with E-state index in [-0.39, 0.29) is 11.7 Å². The van der Waals surface area contributed by atoms with Crippen LogP contribution in [-0.2, 0) is 0 Å². The molecule has 1 saturated carbocycles. The molecule has 0 bridgehead atoms. The second-order valence-electron chi connectivity index (χ2n) is 4.77. The van der Waals surface area contributed by atoms with Crippen LogP contribution in [0.5, 0.6) is 5.75 Å². The highest BCUT2D eigenvalue weighted by Crippen LogP contribution is 2.35. The number of ether oxygens (including phenoxy) is 1. The van der Waals surface area contributed by atoms with E-state index < -0.39 is 6.10 Å². The van der Waals surface area contributed by atoms with Crippen molar-refractivity contribution < 1.29 is 14.2 Å². The van der Waals surface area contributed by atoms with E-state index in [2.05, 4.69) is 0 Å². The molecule has 1 aromatic carbocycles. The molecule has 1 aliphatic carbocycles. The number of hydrogen-bond donors (Lipinski definition) is 1. The second kappa shape index (κ2) is 5.50. The molecule has 1 aromatic rings. The Hall–Kier alpha value is -1.09. The highest BCUT2D eigenvalue weighted by Gasteiger charge is 2.23. The average molecular weight is 238 g/mol. The van der Waals surface area contributed by atoms with E-state index in [1.807, 2.05) is 0 Å². The van der Waals surface area contributed by atoms with Crippen LogP contribution in [0.1, 0.15) is 43.8 Å². The minimum atomic E-state index is -0.570. The summed E-state index contributed by atoms with van der Waals surface area (Å²) in [7, 11) is 1.51. The first-order valence-corrected chi connectivity index (χ1v) is 6.23. The maximum atomic E-state index is 13.4. The molecule has 0 radical (unpaired) electrons. The van der Waals surface area contributed by atoms with Gasteiger partial charge in [-0.3, -0.25) is 0 Å². The molecule has 0 amide bonds. The molecule has 1 unspecified atom stereocenters. The predicted octanol–water partition coefficient (Wildman–Crippen LogP) is 3.45. The van der Waals surface area contributed by atoms with Crippen LogP contribution in [0.25, 0.3) is 0 Å². The van der Waals surface area contributed by atoms with Gasteiger partial charge in [0.15, 0.2) is 0 Å². The number of aliphatic hydroxyl groups is 1. The first-order chi connectivity index (χ1) is 8.20. The maximum absolute atomic E-state index is 13.4. The summed E-state index contributed by atoms with van der Waals surface area (Å²) in [5.74, 6) is 0.374. The molecule has 0 saturated heterocycles. The molecule has 0 heterocycles. The molecule has 17 heavy (non-hydrogen) atoms. The smallest absolute Gasteiger partial charge is 0.127 e. The van der Waals surface area contributed by atoms with Crippen LogP contribution in [0, 0.1) is 11.7 Å². The van der Waals surface area contributed by atoms with E-state index in [4.69, 9.17) is 4.74 Å². The zero-order valence-electron chi connectivity index (χ0n) is 10.2. The zero-order valence-corrected chi connectivity index (χ0v) is 10.2. The van der Waals surface area contributed by atoms with Crippen molar-refractivity contribution in [3.05, 3.63) is 29.6 Å². The molecule has 0 aliphatic heterocycles. The lowest BCUT2D eigenvalue weighted by atomic mass is 9.83. The fourth-order valence-electron chi connectivity index (χ4n) is 2.60. The number of benzene rings is 1. The van der Waals surface area contributed by atoms with E-state index in [1.165, 1.54) is 25.7 Å². The van der Waals surface area contributed by atoms with Crippen LogP contribution in [0.15, 0.2) is 18.2 Å². The monoisotopic (exact) mass is 238 g/mol. The lowest BCUT2D eigenvalue weighted by Crippen LogP contribution is -2.16. The van der Waals surface area contributed by atoms with Crippen molar-refractivity contribution in [3.63, 3.8) is 0 Å². The van der Waals surface area contributed by atoms with Gasteiger partial charge in [-0.2, -0.15) is 0 Å². The van der Waals surface area contributed by atoms with Gasteiger partial charge in [0.25, 0.3) is 0 Å². The summed E-state index contributed by atoms with van der Waals surface area (Å²) >= 11 is 0. The summed E-state index contributed by atoms with van der Waals surface area (Å²) in [4.78, 5) is 0. The second-order valence-corrected chi connectivity index (χ2v) is 4.77. The number of methoxy groups -OCH3 is 1. The number of aliphatic hydroxyl groups excluding tert-OH is 1. The van der Waals surface area contributed by atoms with Crippen molar-refractivity contribution in [2.75, 3.05) is 7.11 Å². The first-order valence-electron chi connectivity index (χ1n) is 6.23. The number of hydrogen-bond acceptors (Lipinski definition) is 2. The normalized spacial score (nSPS) is 19.0. The Balaban J connectivity index is 2.17. The highest BCUT2D eigenvalue weighted by molar-refractivity contribution is 5.31. The summed E-state index contributed by atoms with van der Waals surface area (Å²) in [6, 6.07) is 4.46. The predicted molar refractivity (Wildman–Crippen MR) is 64.5 cm³/mol. The summed E-state index contributed by atoms with van der Waals surface area (Å²) in [6.07, 6.45) is 5.05. The molecule has 0 spiro atoms. The van der Waals surface area contributed by atoms with E-state index >= 15 is 0 Å². The average Bonchev–Trinajstić information content (AvgIpc) is 2.38. The van der Waals surface area contributed by atoms with Gasteiger partial charge in [-0.15, -0.1) is 0 Å². The van der Waals surface area contributed by atoms with Crippen molar-refractivity contribution in [3.8, 4) is 5.75 Å². The van der Waals surface area contributed by atoms with E-state index in [9.17, 15) is 9.50 Å². The van der Waals surface area contributed by atoms with Gasteiger partial charge in [0, 0.05) is 6.07 Å². The van der Waals surface area contributed by atoms with Gasteiger partial charge in [-0.1, -0.05) is 19.3 Å². The van der Waals surface area contributed by atoms with Gasteiger partial charge < -0.3 is 9.84 Å². The summed E-state index contributed by atoms with van der Waals surface area (Å²) in [5.41, 5.74) is 0.633. The van der Waals surface area contributed by atoms with Gasteiger partial charge in [-0.05, 0) is 36.5 Å². The molecule has 1 fully saturated rings. The maximum Gasteiger partial charge on any atom is 0.127 e. The Labute approximate surface area is 101 Å².